The van der Waals surface area contributed by atoms with Crippen molar-refractivity contribution in [2.45, 2.75) is 29.1 Å². The van der Waals surface area contributed by atoms with E-state index in [-0.39, 0.29) is 26.9 Å². The van der Waals surface area contributed by atoms with Gasteiger partial charge in [0.05, 0.1) is 24.8 Å². The molecule has 12 heteroatoms. The van der Waals surface area contributed by atoms with Gasteiger partial charge >= 0.3 is 0 Å². The topological polar surface area (TPSA) is 122 Å². The number of amides is 1. The number of nitrogens with one attached hydrogen (secondary N) is 1. The molecular formula is C27H31N3O7S2. The fourth-order valence-electron chi connectivity index (χ4n) is 4.33. The molecule has 1 N–H and O–H groups in total. The first-order valence-corrected chi connectivity index (χ1v) is 15.2. The van der Waals surface area contributed by atoms with Crippen LogP contribution in [0.1, 0.15) is 19.3 Å². The maximum absolute atomic E-state index is 13.6. The molecule has 0 atom stereocenters. The fourth-order valence-corrected chi connectivity index (χ4v) is 7.46. The minimum Gasteiger partial charge on any atom is -0.497 e. The second-order valence-electron chi connectivity index (χ2n) is 8.90. The number of hydrogen-bond acceptors (Lipinski definition) is 7. The molecule has 10 nitrogen and oxygen atoms in total. The van der Waals surface area contributed by atoms with Gasteiger partial charge in [0.2, 0.25) is 15.9 Å². The summed E-state index contributed by atoms with van der Waals surface area (Å²) in [7, 11) is -5.15. The summed E-state index contributed by atoms with van der Waals surface area (Å²) in [5.74, 6) is -0.0871. The fraction of sp³-hybridized carbons (Fsp3) is 0.296. The molecule has 0 spiro atoms. The highest BCUT2D eigenvalue weighted by molar-refractivity contribution is 7.92. The molecule has 1 aliphatic heterocycles. The van der Waals surface area contributed by atoms with Crippen LogP contribution in [0.3, 0.4) is 0 Å². The van der Waals surface area contributed by atoms with E-state index in [2.05, 4.69) is 5.32 Å². The van der Waals surface area contributed by atoms with Gasteiger partial charge < -0.3 is 14.8 Å². The summed E-state index contributed by atoms with van der Waals surface area (Å²) in [5, 5.41) is 2.65. The Morgan fingerprint density at radius 1 is 0.872 bits per heavy atom. The number of carbonyl (C=O) groups excluding carboxylic acids is 1. The van der Waals surface area contributed by atoms with Gasteiger partial charge in [-0.05, 0) is 55.3 Å². The molecule has 0 radical (unpaired) electrons. The number of carbonyl (C=O) groups is 1. The maximum atomic E-state index is 13.6. The molecule has 0 aliphatic carbocycles. The minimum absolute atomic E-state index is 0.0139. The number of methoxy groups -OCH3 is 2. The van der Waals surface area contributed by atoms with Crippen molar-refractivity contribution in [3.8, 4) is 11.5 Å². The molecule has 0 unspecified atom stereocenters. The van der Waals surface area contributed by atoms with Gasteiger partial charge in [-0.25, -0.2) is 16.8 Å². The first-order chi connectivity index (χ1) is 18.7. The lowest BCUT2D eigenvalue weighted by Crippen LogP contribution is -2.38. The molecule has 1 amide bonds. The Labute approximate surface area is 229 Å². The molecule has 1 saturated heterocycles. The van der Waals surface area contributed by atoms with Gasteiger partial charge in [0.15, 0.2) is 0 Å². The van der Waals surface area contributed by atoms with Crippen molar-refractivity contribution >= 4 is 37.3 Å². The second kappa shape index (κ2) is 12.1. The third-order valence-corrected chi connectivity index (χ3v) is 10.0. The van der Waals surface area contributed by atoms with Gasteiger partial charge in [-0.3, -0.25) is 9.10 Å². The normalized spacial score (nSPS) is 14.4. The highest BCUT2D eigenvalue weighted by Crippen LogP contribution is 2.32. The SMILES string of the molecule is COc1cccc(N(CC(=O)Nc2ccc(OC)c(S(=O)(=O)N3CCCCC3)c2)S(=O)(=O)c2ccccc2)c1. The molecule has 0 bridgehead atoms. The Kier molecular flexibility index (Phi) is 8.78. The first-order valence-electron chi connectivity index (χ1n) is 12.4. The van der Waals surface area contributed by atoms with Crippen molar-refractivity contribution in [3.05, 3.63) is 72.8 Å². The van der Waals surface area contributed by atoms with E-state index in [4.69, 9.17) is 9.47 Å². The summed E-state index contributed by atoms with van der Waals surface area (Å²) >= 11 is 0. The highest BCUT2D eigenvalue weighted by Gasteiger charge is 2.30. The summed E-state index contributed by atoms with van der Waals surface area (Å²) in [6.07, 6.45) is 2.51. The van der Waals surface area contributed by atoms with Crippen LogP contribution in [0.25, 0.3) is 0 Å². The van der Waals surface area contributed by atoms with Crippen molar-refractivity contribution in [2.75, 3.05) is 43.5 Å². The lowest BCUT2D eigenvalue weighted by Gasteiger charge is -2.27. The molecule has 1 heterocycles. The first kappa shape index (κ1) is 28.4. The number of nitrogens with zero attached hydrogens (tertiary/aromatic N) is 2. The molecular weight excluding hydrogens is 542 g/mol. The Morgan fingerprint density at radius 2 is 1.59 bits per heavy atom. The van der Waals surface area contributed by atoms with Crippen molar-refractivity contribution in [2.24, 2.45) is 0 Å². The number of piperidine rings is 1. The van der Waals surface area contributed by atoms with Crippen LogP contribution in [0.2, 0.25) is 0 Å². The standard InChI is InChI=1S/C27H31N3O7S2/c1-36-23-11-9-10-22(19-23)30(38(32,33)24-12-5-3-6-13-24)20-27(31)28-21-14-15-25(37-2)26(18-21)39(34,35)29-16-7-4-8-17-29/h3,5-6,9-15,18-19H,4,7-8,16-17,20H2,1-2H3,(H,28,31). The third kappa shape index (κ3) is 6.35. The third-order valence-electron chi connectivity index (χ3n) is 6.34. The van der Waals surface area contributed by atoms with E-state index in [0.717, 1.165) is 23.6 Å². The Hall–Kier alpha value is -3.61. The molecule has 3 aromatic carbocycles. The molecule has 1 fully saturated rings. The zero-order valence-electron chi connectivity index (χ0n) is 21.7. The maximum Gasteiger partial charge on any atom is 0.264 e. The Balaban J connectivity index is 1.64. The van der Waals surface area contributed by atoms with Crippen LogP contribution in [-0.2, 0) is 24.8 Å². The van der Waals surface area contributed by atoms with Crippen LogP contribution < -0.4 is 19.1 Å². The van der Waals surface area contributed by atoms with Gasteiger partial charge in [0.1, 0.15) is 22.9 Å². The molecule has 0 saturated carbocycles. The van der Waals surface area contributed by atoms with Gasteiger partial charge in [0.25, 0.3) is 10.0 Å². The van der Waals surface area contributed by atoms with Gasteiger partial charge in [-0.15, -0.1) is 0 Å². The predicted octanol–water partition coefficient (Wildman–Crippen LogP) is 3.71. The van der Waals surface area contributed by atoms with E-state index in [9.17, 15) is 21.6 Å². The average molecular weight is 574 g/mol. The zero-order chi connectivity index (χ0) is 28.0. The summed E-state index contributed by atoms with van der Waals surface area (Å²) in [4.78, 5) is 13.2. The number of benzene rings is 3. The molecule has 3 aromatic rings. The lowest BCUT2D eigenvalue weighted by atomic mass is 10.2. The number of sulfonamides is 2. The lowest BCUT2D eigenvalue weighted by molar-refractivity contribution is -0.114. The largest absolute Gasteiger partial charge is 0.497 e. The van der Waals surface area contributed by atoms with Crippen molar-refractivity contribution in [3.63, 3.8) is 0 Å². The van der Waals surface area contributed by atoms with E-state index >= 15 is 0 Å². The van der Waals surface area contributed by atoms with Gasteiger partial charge in [-0.1, -0.05) is 30.7 Å². The van der Waals surface area contributed by atoms with Crippen LogP contribution >= 0.6 is 0 Å². The number of hydrogen-bond donors (Lipinski definition) is 1. The van der Waals surface area contributed by atoms with Crippen LogP contribution in [0.5, 0.6) is 11.5 Å². The zero-order valence-corrected chi connectivity index (χ0v) is 23.4. The smallest absolute Gasteiger partial charge is 0.264 e. The number of anilines is 2. The molecule has 4 rings (SSSR count). The number of rotatable bonds is 10. The minimum atomic E-state index is -4.13. The summed E-state index contributed by atoms with van der Waals surface area (Å²) < 4.78 is 66.8. The van der Waals surface area contributed by atoms with Crippen LogP contribution in [0.15, 0.2) is 82.6 Å². The molecule has 39 heavy (non-hydrogen) atoms. The van der Waals surface area contributed by atoms with Gasteiger partial charge in [-0.2, -0.15) is 4.31 Å². The van der Waals surface area contributed by atoms with E-state index in [0.29, 0.717) is 18.8 Å². The molecule has 0 aromatic heterocycles. The predicted molar refractivity (Wildman–Crippen MR) is 148 cm³/mol. The number of ether oxygens (including phenoxy) is 2. The van der Waals surface area contributed by atoms with E-state index < -0.39 is 32.5 Å². The second-order valence-corrected chi connectivity index (χ2v) is 12.7. The highest BCUT2D eigenvalue weighted by atomic mass is 32.2. The van der Waals surface area contributed by atoms with Crippen LogP contribution in [-0.4, -0.2) is 60.9 Å². The summed E-state index contributed by atoms with van der Waals surface area (Å²) in [6, 6.07) is 18.5. The summed E-state index contributed by atoms with van der Waals surface area (Å²) in [5.41, 5.74) is 0.426. The van der Waals surface area contributed by atoms with E-state index in [1.54, 1.807) is 36.4 Å². The van der Waals surface area contributed by atoms with Crippen molar-refractivity contribution < 1.29 is 31.1 Å². The summed E-state index contributed by atoms with van der Waals surface area (Å²) in [6.45, 7) is 0.258. The Bertz CT molecular complexity index is 1520. The van der Waals surface area contributed by atoms with Crippen molar-refractivity contribution in [1.29, 1.82) is 0 Å². The van der Waals surface area contributed by atoms with Crippen molar-refractivity contribution in [1.82, 2.24) is 4.31 Å². The molecule has 208 valence electrons. The molecule has 1 aliphatic rings. The van der Waals surface area contributed by atoms with Crippen LogP contribution in [0, 0.1) is 0 Å². The van der Waals surface area contributed by atoms with Crippen LogP contribution in [0.4, 0.5) is 11.4 Å². The average Bonchev–Trinajstić information content (AvgIpc) is 2.96. The monoisotopic (exact) mass is 573 g/mol. The van der Waals surface area contributed by atoms with Gasteiger partial charge in [0, 0.05) is 24.8 Å². The van der Waals surface area contributed by atoms with E-state index in [1.165, 1.54) is 54.9 Å². The van der Waals surface area contributed by atoms with E-state index in [1.807, 2.05) is 0 Å². The Morgan fingerprint density at radius 3 is 2.26 bits per heavy atom. The quantitative estimate of drug-likeness (QED) is 0.392.